The number of hydrogen-bond donors (Lipinski definition) is 3. The van der Waals surface area contributed by atoms with Gasteiger partial charge in [-0.3, -0.25) is 0 Å². The molecule has 1 aromatic heterocycles. The van der Waals surface area contributed by atoms with Gasteiger partial charge in [0.1, 0.15) is 18.3 Å². The topological polar surface area (TPSA) is 97.2 Å². The molecule has 0 aromatic carbocycles. The van der Waals surface area contributed by atoms with E-state index < -0.39 is 12.0 Å². The molecule has 7 nitrogen and oxygen atoms in total. The Morgan fingerprint density at radius 2 is 1.93 bits per heavy atom. The van der Waals surface area contributed by atoms with Crippen molar-refractivity contribution in [3.63, 3.8) is 0 Å². The van der Waals surface area contributed by atoms with E-state index in [9.17, 15) is 9.59 Å². The first-order valence-electron chi connectivity index (χ1n) is 10.9. The van der Waals surface area contributed by atoms with Gasteiger partial charge in [-0.2, -0.15) is 0 Å². The van der Waals surface area contributed by atoms with Crippen LogP contribution < -0.4 is 16.0 Å². The fourth-order valence-electron chi connectivity index (χ4n) is 6.64. The van der Waals surface area contributed by atoms with Crippen LogP contribution in [0, 0.1) is 17.8 Å². The second-order valence-corrected chi connectivity index (χ2v) is 9.35. The third kappa shape index (κ3) is 3.45. The number of carbonyl (C=O) groups is 2. The number of esters is 1. The Morgan fingerprint density at radius 3 is 2.52 bits per heavy atom. The summed E-state index contributed by atoms with van der Waals surface area (Å²) in [6.45, 7) is 2.65. The molecule has 156 valence electrons. The van der Waals surface area contributed by atoms with Gasteiger partial charge in [0.15, 0.2) is 0 Å². The van der Waals surface area contributed by atoms with Crippen molar-refractivity contribution in [1.29, 1.82) is 0 Å². The number of nitrogens with two attached hydrogens (primary N) is 1. The first kappa shape index (κ1) is 18.7. The zero-order chi connectivity index (χ0) is 20.0. The minimum absolute atomic E-state index is 0.261. The van der Waals surface area contributed by atoms with E-state index in [-0.39, 0.29) is 18.2 Å². The van der Waals surface area contributed by atoms with Crippen molar-refractivity contribution in [3.8, 4) is 0 Å². The van der Waals surface area contributed by atoms with Crippen LogP contribution in [0.15, 0.2) is 34.1 Å². The lowest BCUT2D eigenvalue weighted by molar-refractivity contribution is -0.733. The molecule has 0 radical (unpaired) electrons. The summed E-state index contributed by atoms with van der Waals surface area (Å²) < 4.78 is 10.8. The maximum Gasteiger partial charge on any atom is 0.338 e. The van der Waals surface area contributed by atoms with Crippen LogP contribution in [0.3, 0.4) is 0 Å². The lowest BCUT2D eigenvalue weighted by atomic mass is 9.53. The zero-order valence-electron chi connectivity index (χ0n) is 16.9. The van der Waals surface area contributed by atoms with Gasteiger partial charge in [-0.05, 0) is 56.1 Å². The number of urea groups is 1. The van der Waals surface area contributed by atoms with E-state index in [0.717, 1.165) is 17.8 Å². The molecule has 4 saturated carbocycles. The molecule has 0 unspecified atom stereocenters. The van der Waals surface area contributed by atoms with Crippen molar-refractivity contribution in [1.82, 2.24) is 10.6 Å². The maximum absolute atomic E-state index is 12.8. The molecule has 4 bridgehead atoms. The van der Waals surface area contributed by atoms with Gasteiger partial charge in [-0.1, -0.05) is 0 Å². The fraction of sp³-hybridized carbons (Fsp3) is 0.636. The van der Waals surface area contributed by atoms with Crippen molar-refractivity contribution >= 4 is 12.0 Å². The molecule has 2 heterocycles. The number of hydrogen-bond acceptors (Lipinski definition) is 4. The molecule has 1 aliphatic heterocycles. The molecule has 2 amide bonds. The number of amides is 2. The molecule has 7 heteroatoms. The van der Waals surface area contributed by atoms with E-state index in [0.29, 0.717) is 23.6 Å². The van der Waals surface area contributed by atoms with Gasteiger partial charge >= 0.3 is 12.0 Å². The van der Waals surface area contributed by atoms with Gasteiger partial charge in [0, 0.05) is 19.3 Å². The summed E-state index contributed by atoms with van der Waals surface area (Å²) in [7, 11) is 0. The van der Waals surface area contributed by atoms with Crippen LogP contribution in [-0.4, -0.2) is 30.7 Å². The van der Waals surface area contributed by atoms with E-state index in [4.69, 9.17) is 9.15 Å². The summed E-state index contributed by atoms with van der Waals surface area (Å²) in [6.07, 6.45) is 9.51. The number of ether oxygens (including phenoxy) is 1. The van der Waals surface area contributed by atoms with Crippen molar-refractivity contribution < 1.29 is 24.1 Å². The third-order valence-corrected chi connectivity index (χ3v) is 7.30. The molecule has 29 heavy (non-hydrogen) atoms. The highest BCUT2D eigenvalue weighted by atomic mass is 16.5. The summed E-state index contributed by atoms with van der Waals surface area (Å²) in [5, 5.41) is 8.10. The maximum atomic E-state index is 12.8. The largest absolute Gasteiger partial charge is 0.467 e. The number of nitrogens with one attached hydrogen (secondary N) is 2. The van der Waals surface area contributed by atoms with Crippen LogP contribution in [0.5, 0.6) is 0 Å². The fourth-order valence-corrected chi connectivity index (χ4v) is 6.64. The average molecular weight is 400 g/mol. The van der Waals surface area contributed by atoms with Gasteiger partial charge in [-0.15, -0.1) is 0 Å². The zero-order valence-corrected chi connectivity index (χ0v) is 16.9. The standard InChI is InChI=1S/C22H29N3O4/c1-2-28-20(26)18-16(24-21(27)25-19(18)17-4-3-5-29-17)12-23-22-9-13-6-14(10-22)8-15(7-13)11-22/h3-5,13-15,19,23H,2,6-12H2,1H3,(H2,24,25,27)/p+1/t13?,14?,15?,19-,22?/m1/s1. The Labute approximate surface area is 170 Å². The van der Waals surface area contributed by atoms with Gasteiger partial charge < -0.3 is 25.1 Å². The van der Waals surface area contributed by atoms with Gasteiger partial charge in [0.25, 0.3) is 0 Å². The molecule has 1 aromatic rings. The van der Waals surface area contributed by atoms with Gasteiger partial charge in [0.05, 0.1) is 29.7 Å². The van der Waals surface area contributed by atoms with Crippen LogP contribution in [0.2, 0.25) is 0 Å². The monoisotopic (exact) mass is 400 g/mol. The molecule has 0 spiro atoms. The van der Waals surface area contributed by atoms with E-state index in [1.807, 2.05) is 0 Å². The van der Waals surface area contributed by atoms with E-state index in [1.54, 1.807) is 25.3 Å². The Kier molecular flexibility index (Phi) is 4.65. The summed E-state index contributed by atoms with van der Waals surface area (Å²) in [6, 6.07) is 2.59. The molecule has 1 atom stereocenters. The second kappa shape index (κ2) is 7.20. The molecular formula is C22H30N3O4+. The second-order valence-electron chi connectivity index (χ2n) is 9.35. The van der Waals surface area contributed by atoms with Gasteiger partial charge in [-0.25, -0.2) is 9.59 Å². The van der Waals surface area contributed by atoms with Crippen molar-refractivity contribution in [2.75, 3.05) is 13.2 Å². The molecular weight excluding hydrogens is 370 g/mol. The minimum Gasteiger partial charge on any atom is -0.467 e. The van der Waals surface area contributed by atoms with Crippen LogP contribution >= 0.6 is 0 Å². The highest BCUT2D eigenvalue weighted by molar-refractivity contribution is 5.95. The third-order valence-electron chi connectivity index (χ3n) is 7.30. The van der Waals surface area contributed by atoms with Gasteiger partial charge in [0.2, 0.25) is 0 Å². The summed E-state index contributed by atoms with van der Waals surface area (Å²) in [4.78, 5) is 25.2. The van der Waals surface area contributed by atoms with Crippen molar-refractivity contribution in [2.45, 2.75) is 57.0 Å². The average Bonchev–Trinajstić information content (AvgIpc) is 3.20. The predicted octanol–water partition coefficient (Wildman–Crippen LogP) is 1.98. The Morgan fingerprint density at radius 1 is 1.24 bits per heavy atom. The number of quaternary nitrogens is 1. The Balaban J connectivity index is 1.42. The number of carbonyl (C=O) groups excluding carboxylic acids is 2. The molecule has 4 N–H and O–H groups in total. The molecule has 0 saturated heterocycles. The molecule has 5 aliphatic rings. The first-order valence-corrected chi connectivity index (χ1v) is 10.9. The van der Waals surface area contributed by atoms with Crippen LogP contribution in [0.25, 0.3) is 0 Å². The molecule has 6 rings (SSSR count). The van der Waals surface area contributed by atoms with E-state index in [1.165, 1.54) is 38.5 Å². The summed E-state index contributed by atoms with van der Waals surface area (Å²) in [5.41, 5.74) is 1.35. The van der Waals surface area contributed by atoms with Crippen molar-refractivity contribution in [3.05, 3.63) is 35.4 Å². The summed E-state index contributed by atoms with van der Waals surface area (Å²) in [5.74, 6) is 2.70. The molecule has 4 aliphatic carbocycles. The SMILES string of the molecule is CCOC(=O)C1=C(C[NH2+]C23CC4CC(CC(C4)C2)C3)NC(=O)N[C@@H]1c1ccco1. The van der Waals surface area contributed by atoms with Crippen LogP contribution in [-0.2, 0) is 9.53 Å². The van der Waals surface area contributed by atoms with Crippen LogP contribution in [0.4, 0.5) is 4.79 Å². The Bertz CT molecular complexity index is 794. The molecule has 4 fully saturated rings. The lowest BCUT2D eigenvalue weighted by Crippen LogP contribution is -2.99. The highest BCUT2D eigenvalue weighted by Gasteiger charge is 2.53. The number of rotatable bonds is 6. The minimum atomic E-state index is -0.627. The van der Waals surface area contributed by atoms with Crippen LogP contribution in [0.1, 0.15) is 57.3 Å². The number of furan rings is 1. The predicted molar refractivity (Wildman–Crippen MR) is 104 cm³/mol. The van der Waals surface area contributed by atoms with E-state index in [2.05, 4.69) is 16.0 Å². The lowest BCUT2D eigenvalue weighted by Gasteiger charge is -2.54. The quantitative estimate of drug-likeness (QED) is 0.636. The summed E-state index contributed by atoms with van der Waals surface area (Å²) >= 11 is 0. The first-order chi connectivity index (χ1) is 14.0. The highest BCUT2D eigenvalue weighted by Crippen LogP contribution is 2.54. The van der Waals surface area contributed by atoms with E-state index >= 15 is 0 Å². The van der Waals surface area contributed by atoms with Crippen molar-refractivity contribution in [2.24, 2.45) is 17.8 Å². The normalized spacial score (nSPS) is 35.4. The Hall–Kier alpha value is -2.28. The smallest absolute Gasteiger partial charge is 0.338 e.